The van der Waals surface area contributed by atoms with Crippen molar-refractivity contribution in [3.63, 3.8) is 0 Å². The normalized spacial score (nSPS) is 11.4. The molecule has 0 aliphatic rings. The maximum atomic E-state index is 12.8. The number of carbonyl (C=O) groups is 1. The van der Waals surface area contributed by atoms with E-state index in [1.165, 1.54) is 14.1 Å². The van der Waals surface area contributed by atoms with Gasteiger partial charge in [-0.05, 0) is 43.3 Å². The molecule has 0 aliphatic carbocycles. The van der Waals surface area contributed by atoms with Gasteiger partial charge in [-0.2, -0.15) is 0 Å². The van der Waals surface area contributed by atoms with Crippen molar-refractivity contribution in [1.82, 2.24) is 9.13 Å². The van der Waals surface area contributed by atoms with E-state index in [-0.39, 0.29) is 22.3 Å². The molecule has 1 aromatic heterocycles. The van der Waals surface area contributed by atoms with Gasteiger partial charge in [0.25, 0.3) is 5.56 Å². The predicted molar refractivity (Wildman–Crippen MR) is 129 cm³/mol. The molecule has 0 radical (unpaired) electrons. The van der Waals surface area contributed by atoms with E-state index in [1.807, 2.05) is 19.1 Å². The zero-order valence-corrected chi connectivity index (χ0v) is 19.2. The molecule has 0 saturated heterocycles. The van der Waals surface area contributed by atoms with E-state index >= 15 is 0 Å². The first-order valence-corrected chi connectivity index (χ1v) is 10.9. The van der Waals surface area contributed by atoms with E-state index in [2.05, 4.69) is 10.3 Å². The second-order valence-electron chi connectivity index (χ2n) is 7.00. The number of hydrogen-bond acceptors (Lipinski definition) is 6. The number of aliphatic imine (C=N–C) groups is 1. The second-order valence-corrected chi connectivity index (χ2v) is 8.40. The van der Waals surface area contributed by atoms with Crippen molar-refractivity contribution in [3.8, 4) is 5.88 Å². The average Bonchev–Trinajstić information content (AvgIpc) is 2.77. The molecule has 3 aromatic rings. The van der Waals surface area contributed by atoms with Gasteiger partial charge in [0.1, 0.15) is 10.6 Å². The van der Waals surface area contributed by atoms with E-state index in [1.54, 1.807) is 36.4 Å². The van der Waals surface area contributed by atoms with Crippen LogP contribution in [0.1, 0.15) is 11.1 Å². The van der Waals surface area contributed by atoms with Gasteiger partial charge in [-0.3, -0.25) is 18.7 Å². The van der Waals surface area contributed by atoms with E-state index < -0.39 is 17.1 Å². The van der Waals surface area contributed by atoms with Crippen LogP contribution in [0, 0.1) is 6.92 Å². The molecule has 0 atom stereocenters. The Morgan fingerprint density at radius 1 is 1.06 bits per heavy atom. The number of rotatable bonds is 5. The third-order valence-corrected chi connectivity index (χ3v) is 5.81. The van der Waals surface area contributed by atoms with Gasteiger partial charge in [0.15, 0.2) is 0 Å². The molecule has 3 rings (SSSR count). The summed E-state index contributed by atoms with van der Waals surface area (Å²) in [4.78, 5) is 41.9. The van der Waals surface area contributed by atoms with Crippen molar-refractivity contribution in [2.45, 2.75) is 6.92 Å². The van der Waals surface area contributed by atoms with Gasteiger partial charge in [-0.25, -0.2) is 9.79 Å². The average molecular weight is 473 g/mol. The molecule has 0 saturated carbocycles. The molecule has 10 heteroatoms. The molecule has 0 fully saturated rings. The number of aryl methyl sites for hydroxylation is 1. The summed E-state index contributed by atoms with van der Waals surface area (Å²) in [6.07, 6.45) is 0. The van der Waals surface area contributed by atoms with Crippen LogP contribution in [0.3, 0.4) is 0 Å². The van der Waals surface area contributed by atoms with Gasteiger partial charge in [0.05, 0.1) is 11.4 Å². The zero-order valence-electron chi connectivity index (χ0n) is 17.6. The molecule has 0 aliphatic heterocycles. The fourth-order valence-corrected chi connectivity index (χ4v) is 3.74. The maximum absolute atomic E-state index is 12.8. The van der Waals surface area contributed by atoms with E-state index in [0.717, 1.165) is 26.5 Å². The van der Waals surface area contributed by atoms with Crippen molar-refractivity contribution in [2.24, 2.45) is 19.1 Å². The summed E-state index contributed by atoms with van der Waals surface area (Å²) < 4.78 is 1.84. The zero-order chi connectivity index (χ0) is 23.4. The molecule has 1 amide bonds. The van der Waals surface area contributed by atoms with Crippen molar-refractivity contribution in [3.05, 3.63) is 85.5 Å². The standard InChI is InChI=1S/C22H21ClN4O4S/c1-13-4-8-16(9-5-13)25-19(18-20(29)26(2)22(31)27(3)21(18)30)32-12-17(28)24-15-10-6-14(23)7-11-15/h4-11,29H,12H2,1-3H3,(H,24,28). The van der Waals surface area contributed by atoms with Gasteiger partial charge in [0.2, 0.25) is 11.8 Å². The molecule has 1 heterocycles. The van der Waals surface area contributed by atoms with E-state index in [9.17, 15) is 19.5 Å². The van der Waals surface area contributed by atoms with Crippen LogP contribution in [0.15, 0.2) is 63.1 Å². The Morgan fingerprint density at radius 3 is 2.31 bits per heavy atom. The largest absolute Gasteiger partial charge is 0.494 e. The summed E-state index contributed by atoms with van der Waals surface area (Å²) in [6, 6.07) is 13.9. The molecular weight excluding hydrogens is 452 g/mol. The summed E-state index contributed by atoms with van der Waals surface area (Å²) in [7, 11) is 2.66. The Labute approximate surface area is 193 Å². The Kier molecular flexibility index (Phi) is 7.22. The lowest BCUT2D eigenvalue weighted by molar-refractivity contribution is -0.113. The first-order valence-electron chi connectivity index (χ1n) is 9.50. The minimum Gasteiger partial charge on any atom is -0.494 e. The predicted octanol–water partition coefficient (Wildman–Crippen LogP) is 3.20. The highest BCUT2D eigenvalue weighted by Crippen LogP contribution is 2.23. The number of aromatic nitrogens is 2. The molecule has 0 spiro atoms. The van der Waals surface area contributed by atoms with Crippen molar-refractivity contribution < 1.29 is 9.90 Å². The highest BCUT2D eigenvalue weighted by molar-refractivity contribution is 8.15. The Morgan fingerprint density at radius 2 is 1.69 bits per heavy atom. The molecule has 8 nitrogen and oxygen atoms in total. The Hall–Kier alpha value is -3.30. The highest BCUT2D eigenvalue weighted by atomic mass is 35.5. The third-order valence-electron chi connectivity index (χ3n) is 4.58. The summed E-state index contributed by atoms with van der Waals surface area (Å²) in [6.45, 7) is 1.93. The summed E-state index contributed by atoms with van der Waals surface area (Å²) >= 11 is 6.84. The van der Waals surface area contributed by atoms with Crippen LogP contribution < -0.4 is 16.6 Å². The Bertz CT molecular complexity index is 1300. The number of benzene rings is 2. The van der Waals surface area contributed by atoms with Crippen LogP contribution in [-0.4, -0.2) is 30.9 Å². The van der Waals surface area contributed by atoms with Gasteiger partial charge in [0, 0.05) is 24.8 Å². The lowest BCUT2D eigenvalue weighted by Gasteiger charge is -2.12. The minimum absolute atomic E-state index is 0.0846. The highest BCUT2D eigenvalue weighted by Gasteiger charge is 2.22. The lowest BCUT2D eigenvalue weighted by Crippen LogP contribution is -2.39. The number of thioether (sulfide) groups is 1. The fourth-order valence-electron chi connectivity index (χ4n) is 2.78. The third kappa shape index (κ3) is 5.30. The van der Waals surface area contributed by atoms with Gasteiger partial charge in [-0.15, -0.1) is 0 Å². The van der Waals surface area contributed by atoms with Crippen molar-refractivity contribution in [1.29, 1.82) is 0 Å². The first kappa shape index (κ1) is 23.4. The Balaban J connectivity index is 1.96. The lowest BCUT2D eigenvalue weighted by atomic mass is 10.2. The SMILES string of the molecule is Cc1ccc(N=C(SCC(=O)Nc2ccc(Cl)cc2)c2c(O)n(C)c(=O)n(C)c2=O)cc1. The van der Waals surface area contributed by atoms with Crippen LogP contribution in [0.4, 0.5) is 11.4 Å². The van der Waals surface area contributed by atoms with E-state index in [0.29, 0.717) is 16.4 Å². The molecule has 2 aromatic carbocycles. The molecule has 2 N–H and O–H groups in total. The second kappa shape index (κ2) is 9.88. The fraction of sp³-hybridized carbons (Fsp3) is 0.182. The molecule has 32 heavy (non-hydrogen) atoms. The number of nitrogens with one attached hydrogen (secondary N) is 1. The van der Waals surface area contributed by atoms with Crippen LogP contribution in [0.5, 0.6) is 5.88 Å². The van der Waals surface area contributed by atoms with Crippen LogP contribution in [-0.2, 0) is 18.9 Å². The summed E-state index contributed by atoms with van der Waals surface area (Å²) in [5.41, 5.74) is 0.601. The molecule has 0 bridgehead atoms. The molecule has 166 valence electrons. The van der Waals surface area contributed by atoms with Gasteiger partial charge in [-0.1, -0.05) is 41.1 Å². The number of aromatic hydroxyl groups is 1. The smallest absolute Gasteiger partial charge is 0.333 e. The molecule has 0 unspecified atom stereocenters. The topological polar surface area (TPSA) is 106 Å². The number of hydrogen-bond donors (Lipinski definition) is 2. The monoisotopic (exact) mass is 472 g/mol. The van der Waals surface area contributed by atoms with Crippen LogP contribution in [0.25, 0.3) is 0 Å². The van der Waals surface area contributed by atoms with E-state index in [4.69, 9.17) is 11.6 Å². The maximum Gasteiger partial charge on any atom is 0.333 e. The number of halogens is 1. The van der Waals surface area contributed by atoms with Gasteiger partial charge >= 0.3 is 5.69 Å². The van der Waals surface area contributed by atoms with Crippen molar-refractivity contribution in [2.75, 3.05) is 11.1 Å². The number of carbonyl (C=O) groups excluding carboxylic acids is 1. The van der Waals surface area contributed by atoms with Crippen LogP contribution >= 0.6 is 23.4 Å². The van der Waals surface area contributed by atoms with Crippen molar-refractivity contribution >= 4 is 45.7 Å². The quantitative estimate of drug-likeness (QED) is 0.438. The summed E-state index contributed by atoms with van der Waals surface area (Å²) in [5.74, 6) is -0.941. The van der Waals surface area contributed by atoms with Crippen LogP contribution in [0.2, 0.25) is 5.02 Å². The number of anilines is 1. The van der Waals surface area contributed by atoms with Gasteiger partial charge < -0.3 is 10.4 Å². The molecular formula is C22H21ClN4O4S. The first-order chi connectivity index (χ1) is 15.2. The number of amides is 1. The minimum atomic E-state index is -0.706. The summed E-state index contributed by atoms with van der Waals surface area (Å²) in [5, 5.41) is 13.9. The number of nitrogens with zero attached hydrogens (tertiary/aromatic N) is 3.